The quantitative estimate of drug-likeness (QED) is 0.409. The topological polar surface area (TPSA) is 26.3 Å². The van der Waals surface area contributed by atoms with Gasteiger partial charge in [0.25, 0.3) is 0 Å². The van der Waals surface area contributed by atoms with Crippen LogP contribution in [0, 0.1) is 0 Å². The van der Waals surface area contributed by atoms with Crippen molar-refractivity contribution in [3.05, 3.63) is 0 Å². The van der Waals surface area contributed by atoms with E-state index in [1.54, 1.807) is 0 Å². The average Bonchev–Trinajstić information content (AvgIpc) is 1.95. The molecule has 0 atom stereocenters. The Balaban J connectivity index is 3.83. The fraction of sp³-hybridized carbons (Fsp3) is 0.909. The minimum absolute atomic E-state index is 0.166. The zero-order chi connectivity index (χ0) is 11.4. The lowest BCUT2D eigenvalue weighted by Crippen LogP contribution is -2.36. The zero-order valence-electron chi connectivity index (χ0n) is 10.4. The molecule has 0 spiro atoms. The van der Waals surface area contributed by atoms with Crippen LogP contribution in [-0.4, -0.2) is 20.7 Å². The molecule has 0 aliphatic carbocycles. The summed E-state index contributed by atoms with van der Waals surface area (Å²) in [7, 11) is -1.17. The number of hydrogen-bond donors (Lipinski definition) is 0. The van der Waals surface area contributed by atoms with Crippen molar-refractivity contribution in [1.29, 1.82) is 0 Å². The summed E-state index contributed by atoms with van der Waals surface area (Å²) in [6.07, 6.45) is 1.01. The first kappa shape index (κ1) is 13.7. The third-order valence-corrected chi connectivity index (χ3v) is 8.95. The molecular formula is C11H24O2Si. The van der Waals surface area contributed by atoms with Crippen LogP contribution in [0.1, 0.15) is 34.1 Å². The molecule has 0 aliphatic heterocycles. The lowest BCUT2D eigenvalue weighted by atomic mass is 10.2. The van der Waals surface area contributed by atoms with Crippen LogP contribution >= 0.6 is 0 Å². The van der Waals surface area contributed by atoms with Gasteiger partial charge in [-0.3, -0.25) is 4.79 Å². The third-order valence-electron chi connectivity index (χ3n) is 3.28. The number of rotatable bonds is 4. The van der Waals surface area contributed by atoms with E-state index in [0.29, 0.717) is 11.6 Å². The van der Waals surface area contributed by atoms with Gasteiger partial charge in [0.05, 0.1) is 14.7 Å². The molecular weight excluding hydrogens is 192 g/mol. The second-order valence-electron chi connectivity index (χ2n) is 5.58. The van der Waals surface area contributed by atoms with Crippen LogP contribution in [-0.2, 0) is 9.53 Å². The summed E-state index contributed by atoms with van der Waals surface area (Å²) >= 11 is 0. The minimum Gasteiger partial charge on any atom is -0.466 e. The van der Waals surface area contributed by atoms with E-state index >= 15 is 0 Å². The van der Waals surface area contributed by atoms with Gasteiger partial charge in [-0.25, -0.2) is 0 Å². The fourth-order valence-electron chi connectivity index (χ4n) is 1.11. The predicted octanol–water partition coefficient (Wildman–Crippen LogP) is 3.45. The highest BCUT2D eigenvalue weighted by Crippen LogP contribution is 2.39. The summed E-state index contributed by atoms with van der Waals surface area (Å²) < 4.78 is 4.93. The number of ether oxygens (including phenoxy) is 1. The van der Waals surface area contributed by atoms with Crippen molar-refractivity contribution < 1.29 is 9.53 Å². The molecule has 14 heavy (non-hydrogen) atoms. The first-order valence-electron chi connectivity index (χ1n) is 5.30. The Bertz CT molecular complexity index is 192. The Morgan fingerprint density at radius 2 is 1.79 bits per heavy atom. The van der Waals surface area contributed by atoms with E-state index in [9.17, 15) is 4.79 Å². The van der Waals surface area contributed by atoms with Gasteiger partial charge in [0, 0.05) is 6.92 Å². The lowest BCUT2D eigenvalue weighted by molar-refractivity contribution is -0.140. The Morgan fingerprint density at radius 3 is 2.14 bits per heavy atom. The molecule has 0 N–H and O–H groups in total. The number of carbonyl (C=O) groups excluding carboxylic acids is 1. The molecule has 0 saturated carbocycles. The minimum atomic E-state index is -1.17. The number of hydrogen-bond acceptors (Lipinski definition) is 2. The molecule has 0 aliphatic rings. The summed E-state index contributed by atoms with van der Waals surface area (Å²) in [6, 6.07) is 1.23. The maximum absolute atomic E-state index is 10.6. The van der Waals surface area contributed by atoms with E-state index in [-0.39, 0.29) is 5.97 Å². The van der Waals surface area contributed by atoms with Gasteiger partial charge in [-0.05, 0) is 11.5 Å². The molecule has 84 valence electrons. The van der Waals surface area contributed by atoms with E-state index in [4.69, 9.17) is 4.74 Å². The van der Waals surface area contributed by atoms with Gasteiger partial charge in [-0.2, -0.15) is 0 Å². The Kier molecular flexibility index (Phi) is 4.85. The average molecular weight is 216 g/mol. The van der Waals surface area contributed by atoms with Crippen LogP contribution in [0.5, 0.6) is 0 Å². The van der Waals surface area contributed by atoms with Crippen LogP contribution in [0.15, 0.2) is 0 Å². The Morgan fingerprint density at radius 1 is 1.29 bits per heavy atom. The van der Waals surface area contributed by atoms with Crippen molar-refractivity contribution in [2.75, 3.05) is 6.61 Å². The first-order valence-corrected chi connectivity index (χ1v) is 8.51. The largest absolute Gasteiger partial charge is 0.466 e. The summed E-state index contributed by atoms with van der Waals surface area (Å²) in [5, 5.41) is 0.434. The summed E-state index contributed by atoms with van der Waals surface area (Å²) in [4.78, 5) is 10.6. The van der Waals surface area contributed by atoms with Crippen molar-refractivity contribution in [2.24, 2.45) is 0 Å². The molecule has 0 aromatic heterocycles. The van der Waals surface area contributed by atoms with Crippen LogP contribution in [0.25, 0.3) is 0 Å². The van der Waals surface area contributed by atoms with Crippen molar-refractivity contribution >= 4 is 14.0 Å². The monoisotopic (exact) mass is 216 g/mol. The fourth-order valence-corrected chi connectivity index (χ4v) is 2.88. The smallest absolute Gasteiger partial charge is 0.302 e. The molecule has 0 aromatic rings. The van der Waals surface area contributed by atoms with Gasteiger partial charge >= 0.3 is 5.97 Å². The Hall–Kier alpha value is -0.313. The molecule has 0 fully saturated rings. The summed E-state index contributed by atoms with van der Waals surface area (Å²) in [5.74, 6) is -0.166. The van der Waals surface area contributed by atoms with Crippen LogP contribution in [0.3, 0.4) is 0 Å². The van der Waals surface area contributed by atoms with Gasteiger partial charge in [0.1, 0.15) is 0 Å². The zero-order valence-corrected chi connectivity index (χ0v) is 11.4. The highest BCUT2D eigenvalue weighted by atomic mass is 28.3. The van der Waals surface area contributed by atoms with Crippen LogP contribution in [0.2, 0.25) is 24.2 Å². The van der Waals surface area contributed by atoms with Crippen molar-refractivity contribution in [3.63, 3.8) is 0 Å². The molecule has 3 heteroatoms. The molecule has 0 amide bonds. The molecule has 0 unspecified atom stereocenters. The van der Waals surface area contributed by atoms with E-state index in [2.05, 4.69) is 33.9 Å². The normalized spacial score (nSPS) is 12.7. The lowest BCUT2D eigenvalue weighted by Gasteiger charge is -2.37. The second kappa shape index (κ2) is 4.96. The van der Waals surface area contributed by atoms with Gasteiger partial charge < -0.3 is 4.74 Å². The van der Waals surface area contributed by atoms with Crippen LogP contribution in [0.4, 0.5) is 0 Å². The van der Waals surface area contributed by atoms with Crippen LogP contribution < -0.4 is 0 Å². The van der Waals surface area contributed by atoms with E-state index in [1.165, 1.54) is 13.0 Å². The molecule has 0 aromatic carbocycles. The standard InChI is InChI=1S/C11H24O2Si/c1-10(12)13-8-7-9-14(5,6)11(2,3)4/h7-9H2,1-6H3. The van der Waals surface area contributed by atoms with Gasteiger partial charge in [0.2, 0.25) is 0 Å². The maximum Gasteiger partial charge on any atom is 0.302 e. The van der Waals surface area contributed by atoms with E-state index < -0.39 is 8.07 Å². The molecule has 0 bridgehead atoms. The number of carbonyl (C=O) groups is 1. The highest BCUT2D eigenvalue weighted by Gasteiger charge is 2.34. The van der Waals surface area contributed by atoms with Crippen molar-refractivity contribution in [1.82, 2.24) is 0 Å². The van der Waals surface area contributed by atoms with Crippen molar-refractivity contribution in [2.45, 2.75) is 58.3 Å². The molecule has 2 nitrogen and oxygen atoms in total. The van der Waals surface area contributed by atoms with E-state index in [1.807, 2.05) is 0 Å². The molecule has 0 heterocycles. The second-order valence-corrected chi connectivity index (χ2v) is 11.3. The van der Waals surface area contributed by atoms with E-state index in [0.717, 1.165) is 6.42 Å². The third kappa shape index (κ3) is 4.79. The summed E-state index contributed by atoms with van der Waals surface area (Å²) in [5.41, 5.74) is 0. The van der Waals surface area contributed by atoms with Gasteiger partial charge in [-0.1, -0.05) is 39.9 Å². The van der Waals surface area contributed by atoms with Gasteiger partial charge in [-0.15, -0.1) is 0 Å². The molecule has 0 saturated heterocycles. The van der Waals surface area contributed by atoms with Gasteiger partial charge in [0.15, 0.2) is 0 Å². The number of esters is 1. The SMILES string of the molecule is CC(=O)OCCC[Si](C)(C)C(C)(C)C. The Labute approximate surface area is 89.0 Å². The van der Waals surface area contributed by atoms with Crippen molar-refractivity contribution in [3.8, 4) is 0 Å². The molecule has 0 rings (SSSR count). The highest BCUT2D eigenvalue weighted by molar-refractivity contribution is 6.80. The first-order chi connectivity index (χ1) is 6.17. The molecule has 0 radical (unpaired) electrons. The predicted molar refractivity (Wildman–Crippen MR) is 63.3 cm³/mol. The maximum atomic E-state index is 10.6. The summed E-state index contributed by atoms with van der Waals surface area (Å²) in [6.45, 7) is 13.8.